The van der Waals surface area contributed by atoms with E-state index in [0.717, 1.165) is 6.07 Å². The predicted octanol–water partition coefficient (Wildman–Crippen LogP) is 2.00. The van der Waals surface area contributed by atoms with Crippen LogP contribution in [0.5, 0.6) is 5.75 Å². The number of halogens is 1. The molecule has 39 heavy (non-hydrogen) atoms. The van der Waals surface area contributed by atoms with Crippen LogP contribution in [0.2, 0.25) is 0 Å². The van der Waals surface area contributed by atoms with E-state index in [-0.39, 0.29) is 37.1 Å². The third-order valence-electron chi connectivity index (χ3n) is 7.78. The number of ketones is 2. The molecule has 210 valence electrons. The summed E-state index contributed by atoms with van der Waals surface area (Å²) in [7, 11) is 0. The number of phenols is 1. The highest BCUT2D eigenvalue weighted by Gasteiger charge is 2.61. The van der Waals surface area contributed by atoms with E-state index in [4.69, 9.17) is 5.73 Å². The number of nitrogens with one attached hydrogen (secondary N) is 2. The number of aliphatic hydroxyl groups excluding tert-OH is 2. The van der Waals surface area contributed by atoms with Gasteiger partial charge in [0.1, 0.15) is 22.9 Å². The van der Waals surface area contributed by atoms with Crippen LogP contribution >= 0.6 is 0 Å². The van der Waals surface area contributed by atoms with Crippen LogP contribution in [0.4, 0.5) is 10.1 Å². The van der Waals surface area contributed by atoms with E-state index in [1.165, 1.54) is 0 Å². The lowest BCUT2D eigenvalue weighted by Gasteiger charge is -2.47. The first-order chi connectivity index (χ1) is 18.0. The van der Waals surface area contributed by atoms with Gasteiger partial charge in [-0.3, -0.25) is 19.2 Å². The van der Waals surface area contributed by atoms with E-state index < -0.39 is 92.1 Å². The highest BCUT2D eigenvalue weighted by atomic mass is 19.1. The number of aromatic hydroxyl groups is 1. The molecule has 1 aromatic rings. The number of anilines is 1. The normalized spacial score (nSPS) is 26.7. The molecule has 4 atom stereocenters. The van der Waals surface area contributed by atoms with Gasteiger partial charge in [-0.1, -0.05) is 6.92 Å². The number of rotatable bonds is 5. The Hall–Kier alpha value is -3.77. The van der Waals surface area contributed by atoms with E-state index in [9.17, 15) is 39.6 Å². The van der Waals surface area contributed by atoms with E-state index in [2.05, 4.69) is 10.6 Å². The number of phenolic OH excluding ortho intramolecular Hbond substituents is 1. The minimum atomic E-state index is -2.73. The Bertz CT molecular complexity index is 1380. The van der Waals surface area contributed by atoms with Gasteiger partial charge < -0.3 is 36.8 Å². The van der Waals surface area contributed by atoms with Crippen molar-refractivity contribution in [2.75, 3.05) is 11.9 Å². The summed E-state index contributed by atoms with van der Waals surface area (Å²) in [6.45, 7) is 7.04. The summed E-state index contributed by atoms with van der Waals surface area (Å²) in [6, 6.07) is 0.921. The van der Waals surface area contributed by atoms with Crippen LogP contribution in [0.3, 0.4) is 0 Å². The van der Waals surface area contributed by atoms with Gasteiger partial charge in [0.15, 0.2) is 17.1 Å². The lowest BCUT2D eigenvalue weighted by Crippen LogP contribution is -2.57. The van der Waals surface area contributed by atoms with Gasteiger partial charge in [-0.15, -0.1) is 0 Å². The molecule has 1 aromatic carbocycles. The second-order valence-electron chi connectivity index (χ2n) is 11.3. The number of hydrogen-bond donors (Lipinski definition) is 7. The fourth-order valence-corrected chi connectivity index (χ4v) is 5.95. The SMILES string of the molecule is CC[C@H]1c2c(F)cc(NC(=O)CNC(C)(C)C)c(O)c2C(=O)C2=C(O)[C@]3(O)C(=O)C(C(N)=O)=C(O)C[C@@H]3C[C@@H]21. The largest absolute Gasteiger partial charge is 0.511 e. The summed E-state index contributed by atoms with van der Waals surface area (Å²) in [6.07, 6.45) is -0.252. The Morgan fingerprint density at radius 1 is 1.21 bits per heavy atom. The average Bonchev–Trinajstić information content (AvgIpc) is 2.82. The molecule has 11 nitrogen and oxygen atoms in total. The smallest absolute Gasteiger partial charge is 0.255 e. The number of aliphatic hydroxyl groups is 3. The second-order valence-corrected chi connectivity index (χ2v) is 11.3. The molecule has 3 aliphatic rings. The Morgan fingerprint density at radius 2 is 1.85 bits per heavy atom. The quantitative estimate of drug-likeness (QED) is 0.213. The monoisotopic (exact) mass is 545 g/mol. The van der Waals surface area contributed by atoms with Gasteiger partial charge in [0.05, 0.1) is 17.8 Å². The molecule has 0 aliphatic heterocycles. The summed E-state index contributed by atoms with van der Waals surface area (Å²) in [5.74, 6) is -10.3. The zero-order chi connectivity index (χ0) is 29.2. The Balaban J connectivity index is 1.84. The molecule has 0 radical (unpaired) electrons. The first-order valence-electron chi connectivity index (χ1n) is 12.6. The molecule has 3 aliphatic carbocycles. The zero-order valence-corrected chi connectivity index (χ0v) is 22.0. The van der Waals surface area contributed by atoms with E-state index in [1.54, 1.807) is 6.92 Å². The maximum absolute atomic E-state index is 15.6. The van der Waals surface area contributed by atoms with Crippen LogP contribution in [0.1, 0.15) is 68.8 Å². The molecule has 0 saturated carbocycles. The van der Waals surface area contributed by atoms with Gasteiger partial charge in [-0.2, -0.15) is 0 Å². The van der Waals surface area contributed by atoms with E-state index >= 15 is 4.39 Å². The fourth-order valence-electron chi connectivity index (χ4n) is 5.95. The van der Waals surface area contributed by atoms with Crippen molar-refractivity contribution in [1.29, 1.82) is 0 Å². The number of benzene rings is 1. The number of hydrogen-bond acceptors (Lipinski definition) is 9. The summed E-state index contributed by atoms with van der Waals surface area (Å²) in [5, 5.41) is 49.3. The molecule has 0 saturated heterocycles. The summed E-state index contributed by atoms with van der Waals surface area (Å²) in [4.78, 5) is 51.1. The van der Waals surface area contributed by atoms with Gasteiger partial charge in [-0.05, 0) is 45.4 Å². The maximum atomic E-state index is 15.6. The first kappa shape index (κ1) is 28.2. The van der Waals surface area contributed by atoms with Crippen molar-refractivity contribution < 1.29 is 44.0 Å². The Morgan fingerprint density at radius 3 is 2.41 bits per heavy atom. The number of fused-ring (bicyclic) bond motifs is 3. The zero-order valence-electron chi connectivity index (χ0n) is 22.0. The van der Waals surface area contributed by atoms with Crippen LogP contribution in [0.15, 0.2) is 28.7 Å². The van der Waals surface area contributed by atoms with Gasteiger partial charge in [0.2, 0.25) is 11.7 Å². The lowest BCUT2D eigenvalue weighted by atomic mass is 9.57. The van der Waals surface area contributed by atoms with Crippen LogP contribution in [-0.4, -0.2) is 61.5 Å². The molecule has 4 rings (SSSR count). The van der Waals surface area contributed by atoms with Crippen molar-refractivity contribution in [1.82, 2.24) is 5.32 Å². The van der Waals surface area contributed by atoms with Gasteiger partial charge >= 0.3 is 0 Å². The minimum absolute atomic E-state index is 0.113. The van der Waals surface area contributed by atoms with Crippen molar-refractivity contribution in [3.63, 3.8) is 0 Å². The third kappa shape index (κ3) is 4.37. The number of primary amides is 1. The van der Waals surface area contributed by atoms with Crippen molar-refractivity contribution >= 4 is 29.1 Å². The summed E-state index contributed by atoms with van der Waals surface area (Å²) in [5.41, 5.74) is -0.180. The second kappa shape index (κ2) is 9.45. The molecule has 2 amide bonds. The highest BCUT2D eigenvalue weighted by Crippen LogP contribution is 2.56. The summed E-state index contributed by atoms with van der Waals surface area (Å²) < 4.78 is 15.6. The molecular weight excluding hydrogens is 513 g/mol. The van der Waals surface area contributed by atoms with Crippen LogP contribution in [-0.2, 0) is 14.4 Å². The summed E-state index contributed by atoms with van der Waals surface area (Å²) >= 11 is 0. The fraction of sp³-hybridized carbons (Fsp3) is 0.481. The van der Waals surface area contributed by atoms with Crippen molar-refractivity contribution in [3.8, 4) is 5.75 Å². The standard InChI is InChI=1S/C27H32FN3O8/c1-5-11-12-6-10-7-15(32)19(25(29)38)24(37)27(10,39)23(36)18(12)22(35)20-17(11)13(28)8-14(21(20)34)31-16(33)9-30-26(2,3)4/h8,10-12,30,32,34,36,39H,5-7,9H2,1-4H3,(H2,29,38)(H,31,33)/t10-,11+,12+,27-/m0/s1. The van der Waals surface area contributed by atoms with Gasteiger partial charge in [0, 0.05) is 35.1 Å². The van der Waals surface area contributed by atoms with Crippen LogP contribution in [0, 0.1) is 17.7 Å². The number of carbonyl (C=O) groups excluding carboxylic acids is 4. The Kier molecular flexibility index (Phi) is 6.85. The lowest BCUT2D eigenvalue weighted by molar-refractivity contribution is -0.144. The Labute approximate surface area is 223 Å². The number of amides is 2. The van der Waals surface area contributed by atoms with Crippen LogP contribution in [0.25, 0.3) is 0 Å². The molecule has 0 aromatic heterocycles. The molecule has 0 fully saturated rings. The van der Waals surface area contributed by atoms with Crippen molar-refractivity contribution in [3.05, 3.63) is 45.7 Å². The molecule has 0 spiro atoms. The molecule has 0 heterocycles. The maximum Gasteiger partial charge on any atom is 0.255 e. The molecular formula is C27H32FN3O8. The molecule has 0 bridgehead atoms. The van der Waals surface area contributed by atoms with E-state index in [1.807, 2.05) is 20.8 Å². The average molecular weight is 546 g/mol. The number of Topliss-reactive ketones (excluding diaryl/α,β-unsaturated/α-hetero) is 2. The van der Waals surface area contributed by atoms with Crippen LogP contribution < -0.4 is 16.4 Å². The minimum Gasteiger partial charge on any atom is -0.511 e. The van der Waals surface area contributed by atoms with Gasteiger partial charge in [-0.25, -0.2) is 4.39 Å². The molecule has 0 unspecified atom stereocenters. The van der Waals surface area contributed by atoms with Crippen molar-refractivity contribution in [2.45, 2.75) is 64.0 Å². The highest BCUT2D eigenvalue weighted by molar-refractivity contribution is 6.24. The van der Waals surface area contributed by atoms with Gasteiger partial charge in [0.25, 0.3) is 5.91 Å². The number of carbonyl (C=O) groups is 4. The van der Waals surface area contributed by atoms with Crippen molar-refractivity contribution in [2.24, 2.45) is 17.6 Å². The molecule has 12 heteroatoms. The van der Waals surface area contributed by atoms with E-state index in [0.29, 0.717) is 0 Å². The first-order valence-corrected chi connectivity index (χ1v) is 12.6. The number of allylic oxidation sites excluding steroid dienone is 2. The predicted molar refractivity (Wildman–Crippen MR) is 136 cm³/mol. The number of nitrogens with two attached hydrogens (primary N) is 1. The topological polar surface area (TPSA) is 199 Å². The third-order valence-corrected chi connectivity index (χ3v) is 7.78. The molecule has 8 N–H and O–H groups in total.